The van der Waals surface area contributed by atoms with E-state index in [2.05, 4.69) is 11.1 Å². The maximum atomic E-state index is 13.2. The number of anilines is 1. The molecule has 0 aliphatic carbocycles. The minimum atomic E-state index is -4.50. The van der Waals surface area contributed by atoms with Gasteiger partial charge in [-0.15, -0.1) is 0 Å². The highest BCUT2D eigenvalue weighted by molar-refractivity contribution is 6.33. The Morgan fingerprint density at radius 1 is 1.31 bits per heavy atom. The van der Waals surface area contributed by atoms with Crippen LogP contribution in [0.4, 0.5) is 19.0 Å². The van der Waals surface area contributed by atoms with Crippen molar-refractivity contribution in [2.45, 2.75) is 38.9 Å². The van der Waals surface area contributed by atoms with Gasteiger partial charge >= 0.3 is 6.18 Å². The van der Waals surface area contributed by atoms with Crippen molar-refractivity contribution in [2.75, 3.05) is 24.5 Å². The van der Waals surface area contributed by atoms with Crippen LogP contribution >= 0.6 is 11.6 Å². The fourth-order valence-corrected chi connectivity index (χ4v) is 4.31. The lowest BCUT2D eigenvalue weighted by Crippen LogP contribution is -2.43. The van der Waals surface area contributed by atoms with Crippen molar-refractivity contribution in [3.63, 3.8) is 0 Å². The zero-order chi connectivity index (χ0) is 23.5. The van der Waals surface area contributed by atoms with Crippen LogP contribution in [0.1, 0.15) is 49.4 Å². The van der Waals surface area contributed by atoms with Crippen molar-refractivity contribution in [2.24, 2.45) is 5.92 Å². The molecule has 5 nitrogen and oxygen atoms in total. The second kappa shape index (κ2) is 9.78. The largest absolute Gasteiger partial charge is 0.417 e. The molecule has 2 aromatic rings. The highest BCUT2D eigenvalue weighted by atomic mass is 35.5. The standard InChI is InChI=1S/C23H24ClF3N4O/c1-3-31(15(2)17-6-4-16(13-28)5-7-17)22(32)18-8-10-30(11-9-18)21-20(24)12-19(14-29-21)23(25,26)27/h4-7,12,14-15,18H,3,8-11H2,1-2H3. The monoisotopic (exact) mass is 464 g/mol. The summed E-state index contributed by atoms with van der Waals surface area (Å²) in [5, 5.41) is 8.92. The number of hydrogen-bond donors (Lipinski definition) is 0. The Morgan fingerprint density at radius 2 is 1.94 bits per heavy atom. The molecule has 0 bridgehead atoms. The Bertz CT molecular complexity index is 996. The van der Waals surface area contributed by atoms with Crippen molar-refractivity contribution >= 4 is 23.3 Å². The molecule has 0 spiro atoms. The molecule has 1 aromatic heterocycles. The van der Waals surface area contributed by atoms with Crippen LogP contribution in [0.3, 0.4) is 0 Å². The van der Waals surface area contributed by atoms with E-state index in [1.807, 2.05) is 35.8 Å². The molecule has 9 heteroatoms. The van der Waals surface area contributed by atoms with E-state index in [-0.39, 0.29) is 22.9 Å². The summed E-state index contributed by atoms with van der Waals surface area (Å²) in [6.07, 6.45) is -2.58. The summed E-state index contributed by atoms with van der Waals surface area (Å²) in [7, 11) is 0. The van der Waals surface area contributed by atoms with Crippen molar-refractivity contribution in [1.29, 1.82) is 5.26 Å². The minimum Gasteiger partial charge on any atom is -0.355 e. The zero-order valence-electron chi connectivity index (χ0n) is 17.9. The molecule has 1 amide bonds. The van der Waals surface area contributed by atoms with Gasteiger partial charge in [-0.2, -0.15) is 18.4 Å². The zero-order valence-corrected chi connectivity index (χ0v) is 18.6. The van der Waals surface area contributed by atoms with Crippen LogP contribution in [0.15, 0.2) is 36.5 Å². The van der Waals surface area contributed by atoms with E-state index in [0.29, 0.717) is 43.9 Å². The van der Waals surface area contributed by atoms with Gasteiger partial charge in [0, 0.05) is 31.7 Å². The SMILES string of the molecule is CCN(C(=O)C1CCN(c2ncc(C(F)(F)F)cc2Cl)CC1)C(C)c1ccc(C#N)cc1. The van der Waals surface area contributed by atoms with E-state index in [1.54, 1.807) is 12.1 Å². The highest BCUT2D eigenvalue weighted by Crippen LogP contribution is 2.35. The number of aromatic nitrogens is 1. The van der Waals surface area contributed by atoms with E-state index < -0.39 is 11.7 Å². The summed E-state index contributed by atoms with van der Waals surface area (Å²) in [4.78, 5) is 20.8. The first-order chi connectivity index (χ1) is 15.2. The van der Waals surface area contributed by atoms with E-state index >= 15 is 0 Å². The number of carbonyl (C=O) groups is 1. The summed E-state index contributed by atoms with van der Waals surface area (Å²) in [6, 6.07) is 10.0. The predicted molar refractivity (Wildman–Crippen MR) is 116 cm³/mol. The van der Waals surface area contributed by atoms with Crippen LogP contribution < -0.4 is 4.90 Å². The summed E-state index contributed by atoms with van der Waals surface area (Å²) >= 11 is 6.07. The fraction of sp³-hybridized carbons (Fsp3) is 0.435. The van der Waals surface area contributed by atoms with Gasteiger partial charge in [-0.25, -0.2) is 4.98 Å². The third-order valence-corrected chi connectivity index (χ3v) is 6.18. The summed E-state index contributed by atoms with van der Waals surface area (Å²) in [6.45, 7) is 5.41. The van der Waals surface area contributed by atoms with Gasteiger partial charge in [-0.05, 0) is 50.5 Å². The summed E-state index contributed by atoms with van der Waals surface area (Å²) in [5.41, 5.74) is 0.641. The summed E-state index contributed by atoms with van der Waals surface area (Å²) < 4.78 is 38.5. The third-order valence-electron chi connectivity index (χ3n) is 5.91. The number of rotatable bonds is 5. The number of benzene rings is 1. The van der Waals surface area contributed by atoms with Crippen molar-refractivity contribution in [3.05, 3.63) is 58.2 Å². The second-order valence-corrected chi connectivity index (χ2v) is 8.23. The van der Waals surface area contributed by atoms with Gasteiger partial charge in [0.1, 0.15) is 5.82 Å². The normalized spacial score (nSPS) is 15.8. The van der Waals surface area contributed by atoms with Crippen LogP contribution in [0.25, 0.3) is 0 Å². The van der Waals surface area contributed by atoms with Gasteiger partial charge in [0.15, 0.2) is 0 Å². The average molecular weight is 465 g/mol. The first kappa shape index (κ1) is 23.9. The Hall–Kier alpha value is -2.79. The number of nitriles is 1. The maximum Gasteiger partial charge on any atom is 0.417 e. The molecule has 170 valence electrons. The molecule has 2 heterocycles. The van der Waals surface area contributed by atoms with Gasteiger partial charge in [-0.3, -0.25) is 4.79 Å². The fourth-order valence-electron chi connectivity index (χ4n) is 4.03. The molecule has 32 heavy (non-hydrogen) atoms. The molecular weight excluding hydrogens is 441 g/mol. The van der Waals surface area contributed by atoms with E-state index in [9.17, 15) is 18.0 Å². The molecule has 1 aliphatic heterocycles. The van der Waals surface area contributed by atoms with Gasteiger partial charge < -0.3 is 9.80 Å². The van der Waals surface area contributed by atoms with Crippen molar-refractivity contribution in [1.82, 2.24) is 9.88 Å². The Balaban J connectivity index is 1.65. The highest BCUT2D eigenvalue weighted by Gasteiger charge is 2.34. The van der Waals surface area contributed by atoms with Crippen LogP contribution in [0, 0.1) is 17.2 Å². The molecule has 0 saturated carbocycles. The van der Waals surface area contributed by atoms with Crippen LogP contribution in [-0.2, 0) is 11.0 Å². The number of amides is 1. The van der Waals surface area contributed by atoms with E-state index in [4.69, 9.17) is 16.9 Å². The maximum absolute atomic E-state index is 13.2. The molecular formula is C23H24ClF3N4O. The van der Waals surface area contributed by atoms with Crippen molar-refractivity contribution in [3.8, 4) is 6.07 Å². The molecule has 1 saturated heterocycles. The topological polar surface area (TPSA) is 60.2 Å². The van der Waals surface area contributed by atoms with Gasteiger partial charge in [0.05, 0.1) is 28.3 Å². The van der Waals surface area contributed by atoms with Crippen LogP contribution in [0.5, 0.6) is 0 Å². The lowest BCUT2D eigenvalue weighted by molar-refractivity contribution is -0.139. The molecule has 1 aromatic carbocycles. The third kappa shape index (κ3) is 5.16. The van der Waals surface area contributed by atoms with Gasteiger partial charge in [-0.1, -0.05) is 23.7 Å². The quantitative estimate of drug-likeness (QED) is 0.590. The number of alkyl halides is 3. The smallest absolute Gasteiger partial charge is 0.355 e. The summed E-state index contributed by atoms with van der Waals surface area (Å²) in [5.74, 6) is 0.180. The number of halogens is 4. The van der Waals surface area contributed by atoms with Crippen LogP contribution in [0.2, 0.25) is 5.02 Å². The number of nitrogens with zero attached hydrogens (tertiary/aromatic N) is 4. The number of carbonyl (C=O) groups excluding carboxylic acids is 1. The number of hydrogen-bond acceptors (Lipinski definition) is 4. The van der Waals surface area contributed by atoms with Crippen LogP contribution in [-0.4, -0.2) is 35.4 Å². The molecule has 0 N–H and O–H groups in total. The average Bonchev–Trinajstić information content (AvgIpc) is 2.79. The number of pyridine rings is 1. The lowest BCUT2D eigenvalue weighted by Gasteiger charge is -2.37. The second-order valence-electron chi connectivity index (χ2n) is 7.82. The Kier molecular flexibility index (Phi) is 7.29. The Labute approximate surface area is 190 Å². The first-order valence-electron chi connectivity index (χ1n) is 10.4. The van der Waals surface area contributed by atoms with Gasteiger partial charge in [0.2, 0.25) is 5.91 Å². The Morgan fingerprint density at radius 3 is 2.44 bits per heavy atom. The van der Waals surface area contributed by atoms with E-state index in [1.165, 1.54) is 0 Å². The predicted octanol–water partition coefficient (Wildman–Crippen LogP) is 5.45. The van der Waals surface area contributed by atoms with E-state index in [0.717, 1.165) is 17.8 Å². The number of piperidine rings is 1. The molecule has 1 unspecified atom stereocenters. The molecule has 1 atom stereocenters. The lowest BCUT2D eigenvalue weighted by atomic mass is 9.93. The van der Waals surface area contributed by atoms with Gasteiger partial charge in [0.25, 0.3) is 0 Å². The van der Waals surface area contributed by atoms with Crippen molar-refractivity contribution < 1.29 is 18.0 Å². The molecule has 0 radical (unpaired) electrons. The molecule has 1 fully saturated rings. The molecule has 3 rings (SSSR count). The minimum absolute atomic E-state index is 0.0470. The first-order valence-corrected chi connectivity index (χ1v) is 10.8. The molecule has 1 aliphatic rings.